The van der Waals surface area contributed by atoms with E-state index in [1.165, 1.54) is 0 Å². The van der Waals surface area contributed by atoms with Crippen LogP contribution in [0.15, 0.2) is 0 Å². The van der Waals surface area contributed by atoms with Crippen molar-refractivity contribution in [1.29, 1.82) is 0 Å². The van der Waals surface area contributed by atoms with Crippen LogP contribution in [0.25, 0.3) is 0 Å². The molecule has 0 aromatic rings. The molecular formula is C42F86O21. The first kappa shape index (κ1) is 142. The maximum absolute atomic E-state index is 17.2. The SMILES string of the molecule is FC(F)(F)OC(F)(F)C(F)(F)OC(F)(F)C(F)(F)OC(F)(F)C(F)(OC(F)(F)F)C(F)(F)OC(F)(C(F)(F)OC(F)(F)C(F)(F)OC(F)(F)C(F)(F)OC(F)(F)F)C(F)(F)OC(F)(C(F)(F)OC(F)(F)C(F)(F)OC(F)(F)C(F)(F)OC(F)(F)F)C(F)(F)OC(F)(C(F)(F)OC(F)(F)C(F)(F)OC(F)(F)C(F)(F)OC(F)(F)F)C(F)(F)OC(F)(C(F)(F)OC(F)(F)F)C(F)(F)OC(F)(F)C(F)(F)OC(F)(F)C(F)(F)OC(F)(F)F. The molecule has 107 heteroatoms. The van der Waals surface area contributed by atoms with Gasteiger partial charge in [-0.25, -0.2) is 80.5 Å². The summed E-state index contributed by atoms with van der Waals surface area (Å²) in [5, 5.41) is 0. The van der Waals surface area contributed by atoms with Crippen molar-refractivity contribution in [2.24, 2.45) is 0 Å². The zero-order chi connectivity index (χ0) is 122. The van der Waals surface area contributed by atoms with Crippen LogP contribution in [0.4, 0.5) is 378 Å². The molecule has 0 radical (unpaired) electrons. The molecule has 0 N–H and O–H groups in total. The van der Waals surface area contributed by atoms with Gasteiger partial charge in [-0.15, -0.1) is 92.2 Å². The van der Waals surface area contributed by atoms with Crippen LogP contribution in [-0.4, -0.2) is 257 Å². The molecule has 0 fully saturated rings. The Morgan fingerprint density at radius 3 is 0.195 bits per heavy atom. The first-order valence-corrected chi connectivity index (χ1v) is 29.8. The van der Waals surface area contributed by atoms with Crippen molar-refractivity contribution in [1.82, 2.24) is 0 Å². The molecule has 0 aromatic heterocycles. The monoisotopic (exact) mass is 2470 g/mol. The van der Waals surface area contributed by atoms with Crippen molar-refractivity contribution in [2.45, 2.75) is 257 Å². The van der Waals surface area contributed by atoms with E-state index in [-0.39, 0.29) is 42.6 Å². The molecule has 0 rings (SSSR count). The number of hydrogen-bond acceptors (Lipinski definition) is 21. The lowest BCUT2D eigenvalue weighted by Gasteiger charge is -2.48. The first-order chi connectivity index (χ1) is 62.8. The lowest BCUT2D eigenvalue weighted by atomic mass is 10.1. The van der Waals surface area contributed by atoms with Gasteiger partial charge in [-0.3, -0.25) is 18.9 Å². The Bertz CT molecular complexity index is 4440. The molecule has 0 saturated heterocycles. The highest BCUT2D eigenvalue weighted by atomic mass is 19.5. The Kier molecular flexibility index (Phi) is 37.3. The van der Waals surface area contributed by atoms with Crippen LogP contribution in [0.5, 0.6) is 0 Å². The number of hydrogen-bond donors (Lipinski definition) is 0. The minimum atomic E-state index is -12.6. The number of ether oxygens (including phenoxy) is 21. The summed E-state index contributed by atoms with van der Waals surface area (Å²) in [6.07, 6.45) is -367. The molecule has 0 aliphatic rings. The molecular weight excluding hydrogens is 2470 g/mol. The second-order valence-electron chi connectivity index (χ2n) is 23.7. The number of alkyl halides is 86. The summed E-state index contributed by atoms with van der Waals surface area (Å²) in [4.78, 5) is 0. The fourth-order valence-electron chi connectivity index (χ4n) is 6.63. The van der Waals surface area contributed by atoms with Gasteiger partial charge in [0, 0.05) is 0 Å². The average molecular weight is 2470 g/mol. The van der Waals surface area contributed by atoms with Crippen molar-refractivity contribution >= 4 is 0 Å². The van der Waals surface area contributed by atoms with Gasteiger partial charge in [0.15, 0.2) is 0 Å². The smallest absolute Gasteiger partial charge is 0.263 e. The highest BCUT2D eigenvalue weighted by Crippen LogP contribution is 2.69. The van der Waals surface area contributed by atoms with E-state index in [2.05, 4.69) is 0 Å². The quantitative estimate of drug-likeness (QED) is 0.0521. The van der Waals surface area contributed by atoms with Crippen molar-refractivity contribution in [3.05, 3.63) is 0 Å². The fraction of sp³-hybridized carbons (Fsp3) is 1.00. The van der Waals surface area contributed by atoms with Gasteiger partial charge in [-0.05, 0) is 0 Å². The Labute approximate surface area is 735 Å². The molecule has 0 spiro atoms. The fourth-order valence-corrected chi connectivity index (χ4v) is 6.63. The van der Waals surface area contributed by atoms with Crippen molar-refractivity contribution in [3.63, 3.8) is 0 Å². The third-order valence-electron chi connectivity index (χ3n) is 12.5. The summed E-state index contributed by atoms with van der Waals surface area (Å²) in [5.41, 5.74) is 0. The molecule has 0 amide bonds. The highest BCUT2D eigenvalue weighted by molar-refractivity contribution is 5.04. The highest BCUT2D eigenvalue weighted by Gasteiger charge is 2.96. The molecule has 0 bridgehead atoms. The van der Waals surface area contributed by atoms with Crippen molar-refractivity contribution in [3.8, 4) is 0 Å². The van der Waals surface area contributed by atoms with Crippen LogP contribution in [0, 0.1) is 0 Å². The number of halogens is 86. The van der Waals surface area contributed by atoms with Gasteiger partial charge < -0.3 is 0 Å². The van der Waals surface area contributed by atoms with Crippen LogP contribution in [0.3, 0.4) is 0 Å². The second kappa shape index (κ2) is 39.1. The van der Waals surface area contributed by atoms with Gasteiger partial charge in [-0.1, -0.05) is 0 Å². The van der Waals surface area contributed by atoms with Crippen molar-refractivity contribution < 1.29 is 477 Å². The minimum absolute atomic E-state index is 0.00959. The van der Waals surface area contributed by atoms with Crippen LogP contribution in [-0.2, 0) is 99.5 Å². The Hall–Kier alpha value is -6.86. The molecule has 0 aliphatic heterocycles. The van der Waals surface area contributed by atoms with E-state index in [9.17, 15) is 259 Å². The summed E-state index contributed by atoms with van der Waals surface area (Å²) < 4.78 is 1240. The molecule has 5 atom stereocenters. The largest absolute Gasteiger partial charge is 0.527 e. The lowest BCUT2D eigenvalue weighted by Crippen LogP contribution is -2.76. The molecule has 21 nitrogen and oxygen atoms in total. The van der Waals surface area contributed by atoms with E-state index >= 15 is 119 Å². The summed E-state index contributed by atoms with van der Waals surface area (Å²) in [7, 11) is 0. The topological polar surface area (TPSA) is 194 Å². The van der Waals surface area contributed by atoms with Gasteiger partial charge in [0.25, 0.3) is 0 Å². The molecule has 5 unspecified atom stereocenters. The van der Waals surface area contributed by atoms with Gasteiger partial charge in [0.05, 0.1) is 0 Å². The van der Waals surface area contributed by atoms with Gasteiger partial charge in [-0.2, -0.15) is 285 Å². The van der Waals surface area contributed by atoms with Crippen LogP contribution >= 0.6 is 0 Å². The maximum atomic E-state index is 17.2. The van der Waals surface area contributed by atoms with Crippen LogP contribution in [0.1, 0.15) is 0 Å². The summed E-state index contributed by atoms with van der Waals surface area (Å²) >= 11 is 0. The Morgan fingerprint density at radius 1 is 0.0537 bits per heavy atom. The second-order valence-corrected chi connectivity index (χ2v) is 23.7. The van der Waals surface area contributed by atoms with Gasteiger partial charge in [0.2, 0.25) is 0 Å². The molecule has 149 heavy (non-hydrogen) atoms. The molecule has 896 valence electrons. The predicted octanol–water partition coefficient (Wildman–Crippen LogP) is 26.1. The predicted molar refractivity (Wildman–Crippen MR) is 233 cm³/mol. The summed E-state index contributed by atoms with van der Waals surface area (Å²) in [6.45, 7) is 0. The van der Waals surface area contributed by atoms with Crippen LogP contribution < -0.4 is 0 Å². The Balaban J connectivity index is 12.0. The zero-order valence-corrected chi connectivity index (χ0v) is 62.1. The van der Waals surface area contributed by atoms with Gasteiger partial charge in [0.1, 0.15) is 0 Å². The Morgan fingerprint density at radius 2 is 0.107 bits per heavy atom. The summed E-state index contributed by atoms with van der Waals surface area (Å²) in [5.74, 6) is -59.8. The van der Waals surface area contributed by atoms with Crippen molar-refractivity contribution in [2.75, 3.05) is 0 Å². The average Bonchev–Trinajstić information content (AvgIpc) is 0.691. The lowest BCUT2D eigenvalue weighted by molar-refractivity contribution is -0.642. The molecule has 0 aliphatic carbocycles. The number of rotatable bonds is 55. The van der Waals surface area contributed by atoms with E-state index in [1.54, 1.807) is 0 Å². The molecule has 0 aromatic carbocycles. The maximum Gasteiger partial charge on any atom is 0.527 e. The zero-order valence-electron chi connectivity index (χ0n) is 62.1. The van der Waals surface area contributed by atoms with Crippen LogP contribution in [0.2, 0.25) is 0 Å². The van der Waals surface area contributed by atoms with E-state index in [1.807, 2.05) is 0 Å². The third-order valence-corrected chi connectivity index (χ3v) is 12.5. The third kappa shape index (κ3) is 30.5. The normalized spacial score (nSPS) is 18.6. The molecule has 0 heterocycles. The van der Waals surface area contributed by atoms with E-state index in [0.717, 1.165) is 9.47 Å². The van der Waals surface area contributed by atoms with E-state index in [0.29, 0.717) is 47.4 Å². The first-order valence-electron chi connectivity index (χ1n) is 29.8. The summed E-state index contributed by atoms with van der Waals surface area (Å²) in [6, 6.07) is 0. The van der Waals surface area contributed by atoms with Gasteiger partial charge >= 0.3 is 257 Å². The van der Waals surface area contributed by atoms with E-state index in [4.69, 9.17) is 0 Å². The van der Waals surface area contributed by atoms with E-state index < -0.39 is 257 Å². The minimum Gasteiger partial charge on any atom is -0.263 e. The standard InChI is InChI=1S/C42F86O21/c43-1(10(56,57)134-16(68,69)21(78,79)139-26(88,89)31(98,99)145-38(114,115)116,129-7(50,51)3(45,12(60,61)136-18(72,73)23(82,83)141-28(92,93)33(102,103)147-40(120,121)122)131-9(54,55)5(47,133-36(108,109)110)14(64,65)138-20(76,77)25(86,87)143-30(96,97)35(106,107)149-42(126,127)128)6(48,49)130-2(44,11(58,59)135-17(70,71)22(80,81)140-27(90,91)32(100,101)146-39(117,118)119)8(52,53)132-4(46,15(66,67)144-37(111,112)113)13(62,63)137-19(74,75)24(84,85)142-29(94,95)34(104,105)148-41(123,124)125. The molecule has 0 saturated carbocycles.